The minimum Gasteiger partial charge on any atom is -0.382 e. The van der Waals surface area contributed by atoms with Crippen LogP contribution < -0.4 is 5.32 Å². The molecular formula is C16H24N2O2. The highest BCUT2D eigenvalue weighted by Crippen LogP contribution is 2.32. The van der Waals surface area contributed by atoms with E-state index in [0.717, 1.165) is 30.0 Å². The lowest BCUT2D eigenvalue weighted by Crippen LogP contribution is -2.30. The van der Waals surface area contributed by atoms with Crippen LogP contribution in [0.2, 0.25) is 0 Å². The Morgan fingerprint density at radius 1 is 1.30 bits per heavy atom. The first-order valence-electron chi connectivity index (χ1n) is 7.55. The van der Waals surface area contributed by atoms with Gasteiger partial charge in [-0.25, -0.2) is 0 Å². The van der Waals surface area contributed by atoms with Gasteiger partial charge in [0.25, 0.3) is 5.69 Å². The van der Waals surface area contributed by atoms with Gasteiger partial charge in [-0.2, -0.15) is 0 Å². The molecule has 3 unspecified atom stereocenters. The maximum atomic E-state index is 11.1. The molecule has 0 aliphatic heterocycles. The number of hydrogen-bond acceptors (Lipinski definition) is 3. The summed E-state index contributed by atoms with van der Waals surface area (Å²) in [5.74, 6) is 1.50. The van der Waals surface area contributed by atoms with E-state index in [-0.39, 0.29) is 10.6 Å². The van der Waals surface area contributed by atoms with E-state index in [1.807, 2.05) is 19.1 Å². The zero-order valence-electron chi connectivity index (χ0n) is 12.6. The number of rotatable bonds is 4. The van der Waals surface area contributed by atoms with Gasteiger partial charge in [-0.3, -0.25) is 10.1 Å². The maximum absolute atomic E-state index is 11.1. The second kappa shape index (κ2) is 6.25. The van der Waals surface area contributed by atoms with Crippen molar-refractivity contribution >= 4 is 11.4 Å². The van der Waals surface area contributed by atoms with Crippen molar-refractivity contribution in [1.29, 1.82) is 0 Å². The average Bonchev–Trinajstić information content (AvgIpc) is 2.43. The minimum absolute atomic E-state index is 0.231. The van der Waals surface area contributed by atoms with Crippen molar-refractivity contribution < 1.29 is 4.92 Å². The van der Waals surface area contributed by atoms with Crippen LogP contribution in [0, 0.1) is 22.0 Å². The maximum Gasteiger partial charge on any atom is 0.274 e. The van der Waals surface area contributed by atoms with Crippen LogP contribution in [-0.2, 0) is 6.42 Å². The first-order valence-corrected chi connectivity index (χ1v) is 7.55. The molecule has 1 aliphatic carbocycles. The summed E-state index contributed by atoms with van der Waals surface area (Å²) in [6, 6.07) is 5.96. The number of benzene rings is 1. The van der Waals surface area contributed by atoms with Gasteiger partial charge in [-0.15, -0.1) is 0 Å². The second-order valence-corrected chi connectivity index (χ2v) is 6.06. The average molecular weight is 276 g/mol. The molecular weight excluding hydrogens is 252 g/mol. The molecule has 1 N–H and O–H groups in total. The number of nitro benzene ring substituents is 1. The molecule has 0 amide bonds. The van der Waals surface area contributed by atoms with Crippen molar-refractivity contribution in [3.05, 3.63) is 33.9 Å². The van der Waals surface area contributed by atoms with Gasteiger partial charge in [0.2, 0.25) is 0 Å². The van der Waals surface area contributed by atoms with Crippen LogP contribution >= 0.6 is 0 Å². The highest BCUT2D eigenvalue weighted by Gasteiger charge is 2.24. The number of hydrogen-bond donors (Lipinski definition) is 1. The molecule has 0 radical (unpaired) electrons. The summed E-state index contributed by atoms with van der Waals surface area (Å²) in [5.41, 5.74) is 1.90. The molecule has 0 heterocycles. The van der Waals surface area contributed by atoms with E-state index in [9.17, 15) is 10.1 Å². The molecule has 4 nitrogen and oxygen atoms in total. The Bertz CT molecular complexity index is 487. The van der Waals surface area contributed by atoms with Gasteiger partial charge in [0, 0.05) is 23.4 Å². The molecule has 0 spiro atoms. The summed E-state index contributed by atoms with van der Waals surface area (Å²) in [4.78, 5) is 10.8. The van der Waals surface area contributed by atoms with E-state index in [2.05, 4.69) is 19.2 Å². The van der Waals surface area contributed by atoms with Gasteiger partial charge in [-0.1, -0.05) is 26.8 Å². The van der Waals surface area contributed by atoms with E-state index in [0.29, 0.717) is 18.4 Å². The van der Waals surface area contributed by atoms with Crippen LogP contribution in [0.3, 0.4) is 0 Å². The molecule has 1 aliphatic rings. The number of nitrogens with zero attached hydrogens (tertiary/aromatic N) is 1. The van der Waals surface area contributed by atoms with Crippen LogP contribution in [-0.4, -0.2) is 11.0 Å². The Morgan fingerprint density at radius 2 is 2.05 bits per heavy atom. The van der Waals surface area contributed by atoms with Crippen molar-refractivity contribution in [1.82, 2.24) is 0 Å². The van der Waals surface area contributed by atoms with E-state index < -0.39 is 0 Å². The van der Waals surface area contributed by atoms with Crippen LogP contribution in [0.4, 0.5) is 11.4 Å². The van der Waals surface area contributed by atoms with Crippen LogP contribution in [0.25, 0.3) is 0 Å². The molecule has 110 valence electrons. The fourth-order valence-electron chi connectivity index (χ4n) is 3.04. The summed E-state index contributed by atoms with van der Waals surface area (Å²) in [6.07, 6.45) is 4.21. The fourth-order valence-corrected chi connectivity index (χ4v) is 3.04. The molecule has 1 aromatic carbocycles. The summed E-state index contributed by atoms with van der Waals surface area (Å²) < 4.78 is 0. The highest BCUT2D eigenvalue weighted by molar-refractivity contribution is 5.55. The largest absolute Gasteiger partial charge is 0.382 e. The van der Waals surface area contributed by atoms with E-state index in [4.69, 9.17) is 0 Å². The normalized spacial score (nSPS) is 26.2. The molecule has 0 bridgehead atoms. The summed E-state index contributed by atoms with van der Waals surface area (Å²) in [5, 5.41) is 14.6. The van der Waals surface area contributed by atoms with Crippen molar-refractivity contribution in [2.45, 2.75) is 52.5 Å². The Balaban J connectivity index is 2.10. The molecule has 3 atom stereocenters. The second-order valence-electron chi connectivity index (χ2n) is 6.06. The number of anilines is 1. The Morgan fingerprint density at radius 3 is 2.65 bits per heavy atom. The quantitative estimate of drug-likeness (QED) is 0.655. The first kappa shape index (κ1) is 14.8. The van der Waals surface area contributed by atoms with Gasteiger partial charge in [0.15, 0.2) is 0 Å². The summed E-state index contributed by atoms with van der Waals surface area (Å²) in [7, 11) is 0. The first-order chi connectivity index (χ1) is 9.51. The Kier molecular flexibility index (Phi) is 4.63. The molecule has 1 aromatic rings. The van der Waals surface area contributed by atoms with Gasteiger partial charge in [-0.05, 0) is 43.6 Å². The molecule has 20 heavy (non-hydrogen) atoms. The lowest BCUT2D eigenvalue weighted by atomic mass is 9.79. The van der Waals surface area contributed by atoms with Crippen molar-refractivity contribution in [2.75, 3.05) is 5.32 Å². The van der Waals surface area contributed by atoms with E-state index in [1.54, 1.807) is 6.07 Å². The van der Waals surface area contributed by atoms with E-state index >= 15 is 0 Å². The smallest absolute Gasteiger partial charge is 0.274 e. The van der Waals surface area contributed by atoms with Crippen molar-refractivity contribution in [2.24, 2.45) is 11.8 Å². The molecule has 1 fully saturated rings. The zero-order valence-corrected chi connectivity index (χ0v) is 12.6. The summed E-state index contributed by atoms with van der Waals surface area (Å²) in [6.45, 7) is 6.54. The molecule has 1 saturated carbocycles. The fraction of sp³-hybridized carbons (Fsp3) is 0.625. The number of nitrogens with one attached hydrogen (secondary N) is 1. The van der Waals surface area contributed by atoms with Crippen molar-refractivity contribution in [3.63, 3.8) is 0 Å². The lowest BCUT2D eigenvalue weighted by Gasteiger charge is -2.33. The summed E-state index contributed by atoms with van der Waals surface area (Å²) >= 11 is 0. The lowest BCUT2D eigenvalue weighted by molar-refractivity contribution is -0.385. The SMILES string of the molecule is CCc1ccc(NC2CCC(C)C(C)C2)cc1[N+](=O)[O-]. The molecule has 0 aromatic heterocycles. The third-order valence-electron chi connectivity index (χ3n) is 4.63. The minimum atomic E-state index is -0.282. The van der Waals surface area contributed by atoms with Crippen LogP contribution in [0.15, 0.2) is 18.2 Å². The topological polar surface area (TPSA) is 55.2 Å². The predicted octanol–water partition coefficient (Wildman–Crippen LogP) is 4.39. The molecule has 2 rings (SSSR count). The number of nitro groups is 1. The van der Waals surface area contributed by atoms with Crippen molar-refractivity contribution in [3.8, 4) is 0 Å². The highest BCUT2D eigenvalue weighted by atomic mass is 16.6. The van der Waals surface area contributed by atoms with Gasteiger partial charge in [0.05, 0.1) is 4.92 Å². The van der Waals surface area contributed by atoms with Crippen LogP contribution in [0.1, 0.15) is 45.6 Å². The Hall–Kier alpha value is -1.58. The van der Waals surface area contributed by atoms with E-state index in [1.165, 1.54) is 6.42 Å². The van der Waals surface area contributed by atoms with Gasteiger partial charge < -0.3 is 5.32 Å². The standard InChI is InChI=1S/C16H24N2O2/c1-4-13-6-8-15(10-16(13)18(19)20)17-14-7-5-11(2)12(3)9-14/h6,8,10-12,14,17H,4-5,7,9H2,1-3H3. The molecule has 4 heteroatoms. The third kappa shape index (κ3) is 3.30. The number of aryl methyl sites for hydroxylation is 1. The third-order valence-corrected chi connectivity index (χ3v) is 4.63. The van der Waals surface area contributed by atoms with Crippen LogP contribution in [0.5, 0.6) is 0 Å². The monoisotopic (exact) mass is 276 g/mol. The Labute approximate surface area is 120 Å². The predicted molar refractivity (Wildman–Crippen MR) is 82.1 cm³/mol. The molecule has 0 saturated heterocycles. The van der Waals surface area contributed by atoms with Gasteiger partial charge in [0.1, 0.15) is 0 Å². The zero-order chi connectivity index (χ0) is 14.7. The van der Waals surface area contributed by atoms with Gasteiger partial charge >= 0.3 is 0 Å².